The summed E-state index contributed by atoms with van der Waals surface area (Å²) in [7, 11) is 0. The van der Waals surface area contributed by atoms with Crippen LogP contribution in [-0.2, 0) is 4.79 Å². The van der Waals surface area contributed by atoms with Gasteiger partial charge in [0.1, 0.15) is 5.71 Å². The lowest BCUT2D eigenvalue weighted by Gasteiger charge is -2.04. The number of nitrogens with one attached hydrogen (secondary N) is 2. The topological polar surface area (TPSA) is 73.7 Å². The number of carbonyl (C=O) groups excluding carboxylic acids is 1. The number of hydrogen-bond acceptors (Lipinski definition) is 4. The van der Waals surface area contributed by atoms with Gasteiger partial charge in [-0.05, 0) is 12.1 Å². The molecule has 0 saturated heterocycles. The van der Waals surface area contributed by atoms with Gasteiger partial charge >= 0.3 is 0 Å². The summed E-state index contributed by atoms with van der Waals surface area (Å²) in [4.78, 5) is 12.3. The first-order valence-corrected chi connectivity index (χ1v) is 6.53. The molecule has 21 heavy (non-hydrogen) atoms. The standard InChI is InChI=1S/C16H11N3O2/c20-16-13(9-5-1-3-7-11(9)18-16)15-14(19-21)10-6-2-4-8-12(10)17-15/h1-8,17,21H,(H,18,20)/b15-13+,19-14-. The zero-order valence-electron chi connectivity index (χ0n) is 10.9. The normalized spacial score (nSPS) is 21.0. The molecule has 102 valence electrons. The van der Waals surface area contributed by atoms with Crippen molar-refractivity contribution in [2.24, 2.45) is 5.16 Å². The fraction of sp³-hybridized carbons (Fsp3) is 0. The number of fused-ring (bicyclic) bond motifs is 2. The molecule has 5 heteroatoms. The smallest absolute Gasteiger partial charge is 0.258 e. The number of oxime groups is 1. The minimum Gasteiger partial charge on any atom is -0.410 e. The highest BCUT2D eigenvalue weighted by atomic mass is 16.4. The predicted molar refractivity (Wildman–Crippen MR) is 80.4 cm³/mol. The van der Waals surface area contributed by atoms with Crippen LogP contribution >= 0.6 is 0 Å². The van der Waals surface area contributed by atoms with Crippen LogP contribution in [0.3, 0.4) is 0 Å². The molecule has 0 fully saturated rings. The van der Waals surface area contributed by atoms with E-state index in [1.807, 2.05) is 48.5 Å². The van der Waals surface area contributed by atoms with E-state index >= 15 is 0 Å². The minimum absolute atomic E-state index is 0.201. The maximum absolute atomic E-state index is 12.3. The molecule has 0 aromatic heterocycles. The first-order valence-electron chi connectivity index (χ1n) is 6.53. The molecule has 3 N–H and O–H groups in total. The van der Waals surface area contributed by atoms with Gasteiger partial charge < -0.3 is 15.8 Å². The molecule has 0 atom stereocenters. The van der Waals surface area contributed by atoms with E-state index in [2.05, 4.69) is 15.8 Å². The van der Waals surface area contributed by atoms with E-state index in [9.17, 15) is 10.0 Å². The lowest BCUT2D eigenvalue weighted by Crippen LogP contribution is -2.12. The highest BCUT2D eigenvalue weighted by Gasteiger charge is 2.33. The number of amides is 1. The molecule has 0 spiro atoms. The van der Waals surface area contributed by atoms with Crippen LogP contribution in [0.2, 0.25) is 0 Å². The van der Waals surface area contributed by atoms with Crippen molar-refractivity contribution in [2.75, 3.05) is 10.6 Å². The number of nitrogens with zero attached hydrogens (tertiary/aromatic N) is 1. The van der Waals surface area contributed by atoms with Gasteiger partial charge in [-0.3, -0.25) is 4.79 Å². The monoisotopic (exact) mass is 277 g/mol. The Morgan fingerprint density at radius 1 is 0.857 bits per heavy atom. The molecular formula is C16H11N3O2. The van der Waals surface area contributed by atoms with Gasteiger partial charge in [0.15, 0.2) is 0 Å². The predicted octanol–water partition coefficient (Wildman–Crippen LogP) is 2.65. The van der Waals surface area contributed by atoms with Gasteiger partial charge in [0.05, 0.1) is 11.3 Å². The highest BCUT2D eigenvalue weighted by molar-refractivity contribution is 6.39. The Bertz CT molecular complexity index is 837. The summed E-state index contributed by atoms with van der Waals surface area (Å²) in [5.41, 5.74) is 4.58. The Balaban J connectivity index is 1.97. The van der Waals surface area contributed by atoms with Crippen molar-refractivity contribution in [3.63, 3.8) is 0 Å². The fourth-order valence-electron chi connectivity index (χ4n) is 2.78. The maximum atomic E-state index is 12.3. The van der Waals surface area contributed by atoms with E-state index < -0.39 is 0 Å². The van der Waals surface area contributed by atoms with Crippen molar-refractivity contribution in [2.45, 2.75) is 0 Å². The molecule has 4 rings (SSSR count). The Morgan fingerprint density at radius 3 is 2.19 bits per heavy atom. The molecule has 0 bridgehead atoms. The molecule has 0 unspecified atom stereocenters. The second kappa shape index (κ2) is 4.21. The van der Waals surface area contributed by atoms with E-state index in [4.69, 9.17) is 0 Å². The summed E-state index contributed by atoms with van der Waals surface area (Å²) < 4.78 is 0. The number of rotatable bonds is 0. The molecule has 2 aromatic rings. The van der Waals surface area contributed by atoms with Crippen molar-refractivity contribution < 1.29 is 10.0 Å². The van der Waals surface area contributed by atoms with Gasteiger partial charge in [-0.2, -0.15) is 0 Å². The van der Waals surface area contributed by atoms with Gasteiger partial charge in [-0.15, -0.1) is 0 Å². The van der Waals surface area contributed by atoms with Gasteiger partial charge in [0, 0.05) is 22.5 Å². The number of hydrogen-bond donors (Lipinski definition) is 3. The zero-order valence-corrected chi connectivity index (χ0v) is 10.9. The lowest BCUT2D eigenvalue weighted by atomic mass is 10.0. The molecule has 0 radical (unpaired) electrons. The van der Waals surface area contributed by atoms with E-state index in [1.165, 1.54) is 0 Å². The summed E-state index contributed by atoms with van der Waals surface area (Å²) in [5, 5.41) is 18.7. The number of carbonyl (C=O) groups is 1. The van der Waals surface area contributed by atoms with Crippen molar-refractivity contribution >= 4 is 28.6 Å². The van der Waals surface area contributed by atoms with Crippen LogP contribution in [0, 0.1) is 0 Å². The summed E-state index contributed by atoms with van der Waals surface area (Å²) in [5.74, 6) is -0.201. The van der Waals surface area contributed by atoms with E-state index in [-0.39, 0.29) is 5.91 Å². The van der Waals surface area contributed by atoms with Gasteiger partial charge in [0.25, 0.3) is 5.91 Å². The summed E-state index contributed by atoms with van der Waals surface area (Å²) in [6.07, 6.45) is 0. The summed E-state index contributed by atoms with van der Waals surface area (Å²) >= 11 is 0. The maximum Gasteiger partial charge on any atom is 0.258 e. The van der Waals surface area contributed by atoms with Crippen molar-refractivity contribution in [3.05, 3.63) is 65.4 Å². The van der Waals surface area contributed by atoms with Crippen molar-refractivity contribution in [1.29, 1.82) is 0 Å². The van der Waals surface area contributed by atoms with E-state index in [0.29, 0.717) is 17.0 Å². The number of benzene rings is 2. The van der Waals surface area contributed by atoms with Gasteiger partial charge in [-0.1, -0.05) is 41.6 Å². The molecular weight excluding hydrogens is 266 g/mol. The molecule has 2 aliphatic heterocycles. The van der Waals surface area contributed by atoms with Crippen molar-refractivity contribution in [1.82, 2.24) is 0 Å². The van der Waals surface area contributed by atoms with Crippen LogP contribution in [0.15, 0.2) is 59.4 Å². The molecule has 0 saturated carbocycles. The Kier molecular flexibility index (Phi) is 2.35. The first-order chi connectivity index (χ1) is 10.3. The van der Waals surface area contributed by atoms with Crippen LogP contribution in [0.5, 0.6) is 0 Å². The van der Waals surface area contributed by atoms with E-state index in [0.717, 1.165) is 22.5 Å². The fourth-order valence-corrected chi connectivity index (χ4v) is 2.78. The minimum atomic E-state index is -0.201. The largest absolute Gasteiger partial charge is 0.410 e. The summed E-state index contributed by atoms with van der Waals surface area (Å²) in [6, 6.07) is 14.9. The number of allylic oxidation sites excluding steroid dienone is 1. The van der Waals surface area contributed by atoms with Crippen molar-refractivity contribution in [3.8, 4) is 0 Å². The molecule has 2 heterocycles. The van der Waals surface area contributed by atoms with Crippen LogP contribution in [-0.4, -0.2) is 16.8 Å². The first kappa shape index (κ1) is 11.7. The average molecular weight is 277 g/mol. The Morgan fingerprint density at radius 2 is 1.48 bits per heavy atom. The van der Waals surface area contributed by atoms with Crippen LogP contribution in [0.1, 0.15) is 11.1 Å². The summed E-state index contributed by atoms with van der Waals surface area (Å²) in [6.45, 7) is 0. The van der Waals surface area contributed by atoms with Crippen LogP contribution in [0.4, 0.5) is 11.4 Å². The zero-order chi connectivity index (χ0) is 14.4. The third-order valence-electron chi connectivity index (χ3n) is 3.70. The quantitative estimate of drug-likeness (QED) is 0.394. The van der Waals surface area contributed by atoms with Crippen LogP contribution < -0.4 is 10.6 Å². The number of anilines is 2. The third kappa shape index (κ3) is 1.57. The van der Waals surface area contributed by atoms with E-state index in [1.54, 1.807) is 0 Å². The Hall–Kier alpha value is -3.08. The molecule has 2 aromatic carbocycles. The molecule has 0 aliphatic carbocycles. The third-order valence-corrected chi connectivity index (χ3v) is 3.70. The van der Waals surface area contributed by atoms with Gasteiger partial charge in [-0.25, -0.2) is 0 Å². The average Bonchev–Trinajstić information content (AvgIpc) is 3.02. The van der Waals surface area contributed by atoms with Crippen LogP contribution in [0.25, 0.3) is 5.57 Å². The lowest BCUT2D eigenvalue weighted by molar-refractivity contribution is -0.110. The highest BCUT2D eigenvalue weighted by Crippen LogP contribution is 2.38. The molecule has 2 aliphatic rings. The molecule has 5 nitrogen and oxygen atoms in total. The SMILES string of the molecule is O=C1Nc2ccccc2/C1=C1\Nc2ccccc2\C1=N\O. The second-order valence-electron chi connectivity index (χ2n) is 4.87. The number of para-hydroxylation sites is 2. The van der Waals surface area contributed by atoms with Gasteiger partial charge in [0.2, 0.25) is 0 Å². The Labute approximate surface area is 120 Å². The molecule has 1 amide bonds. The second-order valence-corrected chi connectivity index (χ2v) is 4.87.